The summed E-state index contributed by atoms with van der Waals surface area (Å²) in [5.41, 5.74) is 1.82. The molecular weight excluding hydrogens is 379 g/mol. The molecule has 1 aromatic heterocycles. The number of rotatable bonds is 2. The molecule has 0 unspecified atom stereocenters. The van der Waals surface area contributed by atoms with Crippen molar-refractivity contribution >= 4 is 39.6 Å². The molecule has 0 saturated carbocycles. The molecule has 0 saturated heterocycles. The highest BCUT2D eigenvalue weighted by Crippen LogP contribution is 2.18. The van der Waals surface area contributed by atoms with Crippen molar-refractivity contribution in [1.29, 1.82) is 0 Å². The topological polar surface area (TPSA) is 52.0 Å². The second kappa shape index (κ2) is 5.40. The zero-order valence-electron chi connectivity index (χ0n) is 11.2. The van der Waals surface area contributed by atoms with Gasteiger partial charge in [-0.15, -0.1) is 0 Å². The van der Waals surface area contributed by atoms with Crippen LogP contribution in [-0.4, -0.2) is 16.1 Å². The van der Waals surface area contributed by atoms with E-state index in [9.17, 15) is 9.59 Å². The molecular formula is C16H11IN2O2. The summed E-state index contributed by atoms with van der Waals surface area (Å²) >= 11 is 2.07. The van der Waals surface area contributed by atoms with Crippen molar-refractivity contribution in [2.75, 3.05) is 0 Å². The normalized spacial score (nSPS) is 10.8. The van der Waals surface area contributed by atoms with E-state index in [-0.39, 0.29) is 5.56 Å². The van der Waals surface area contributed by atoms with E-state index >= 15 is 0 Å². The highest BCUT2D eigenvalue weighted by Gasteiger charge is 2.12. The second-order valence-corrected chi connectivity index (χ2v) is 5.90. The highest BCUT2D eigenvalue weighted by atomic mass is 127. The Kier molecular flexibility index (Phi) is 3.59. The quantitative estimate of drug-likeness (QED) is 0.499. The van der Waals surface area contributed by atoms with E-state index in [4.69, 9.17) is 0 Å². The predicted octanol–water partition coefficient (Wildman–Crippen LogP) is 3.11. The molecule has 0 N–H and O–H groups in total. The molecule has 0 amide bonds. The molecule has 0 aliphatic rings. The molecule has 0 spiro atoms. The lowest BCUT2D eigenvalue weighted by Crippen LogP contribution is -2.22. The average molecular weight is 390 g/mol. The van der Waals surface area contributed by atoms with Crippen LogP contribution in [-0.2, 0) is 0 Å². The Morgan fingerprint density at radius 1 is 1.24 bits per heavy atom. The van der Waals surface area contributed by atoms with Gasteiger partial charge in [0, 0.05) is 8.96 Å². The monoisotopic (exact) mass is 390 g/mol. The maximum absolute atomic E-state index is 12.6. The number of fused-ring (bicyclic) bond motifs is 1. The van der Waals surface area contributed by atoms with Gasteiger partial charge in [-0.05, 0) is 53.8 Å². The average Bonchev–Trinajstić information content (AvgIpc) is 2.47. The molecule has 5 heteroatoms. The molecule has 0 bridgehead atoms. The number of halogens is 1. The highest BCUT2D eigenvalue weighted by molar-refractivity contribution is 14.1. The molecule has 0 aliphatic carbocycles. The number of aldehydes is 1. The van der Waals surface area contributed by atoms with Crippen LogP contribution in [0.3, 0.4) is 0 Å². The van der Waals surface area contributed by atoms with Crippen molar-refractivity contribution in [2.24, 2.45) is 0 Å². The van der Waals surface area contributed by atoms with Crippen LogP contribution in [0.5, 0.6) is 0 Å². The van der Waals surface area contributed by atoms with Crippen molar-refractivity contribution < 1.29 is 4.79 Å². The molecule has 4 nitrogen and oxygen atoms in total. The van der Waals surface area contributed by atoms with Gasteiger partial charge in [-0.3, -0.25) is 9.59 Å². The summed E-state index contributed by atoms with van der Waals surface area (Å²) in [6, 6.07) is 11.0. The second-order valence-electron chi connectivity index (χ2n) is 4.74. The molecule has 3 rings (SSSR count). The minimum absolute atomic E-state index is 0.224. The Morgan fingerprint density at radius 2 is 2.05 bits per heavy atom. The SMILES string of the molecule is Cc1ccc2c(=O)n(-c3cccc(I)c3C=O)ncc2c1. The van der Waals surface area contributed by atoms with Gasteiger partial charge in [-0.1, -0.05) is 17.7 Å². The fourth-order valence-corrected chi connectivity index (χ4v) is 2.88. The Labute approximate surface area is 134 Å². The lowest BCUT2D eigenvalue weighted by molar-refractivity contribution is 0.112. The third-order valence-corrected chi connectivity index (χ3v) is 4.26. The predicted molar refractivity (Wildman–Crippen MR) is 90.2 cm³/mol. The summed E-state index contributed by atoms with van der Waals surface area (Å²) in [7, 11) is 0. The lowest BCUT2D eigenvalue weighted by atomic mass is 10.1. The summed E-state index contributed by atoms with van der Waals surface area (Å²) < 4.78 is 2.07. The van der Waals surface area contributed by atoms with Gasteiger partial charge >= 0.3 is 0 Å². The van der Waals surface area contributed by atoms with Crippen LogP contribution in [0.1, 0.15) is 15.9 Å². The smallest absolute Gasteiger partial charge is 0.279 e. The standard InChI is InChI=1S/C16H11IN2O2/c1-10-5-6-12-11(7-10)8-18-19(16(12)21)15-4-2-3-14(17)13(15)9-20/h2-9H,1H3. The number of aryl methyl sites for hydroxylation is 1. The number of carbonyl (C=O) groups excluding carboxylic acids is 1. The van der Waals surface area contributed by atoms with Gasteiger partial charge < -0.3 is 0 Å². The van der Waals surface area contributed by atoms with Crippen LogP contribution in [0.2, 0.25) is 0 Å². The summed E-state index contributed by atoms with van der Waals surface area (Å²) in [6.45, 7) is 1.97. The van der Waals surface area contributed by atoms with Gasteiger partial charge in [0.1, 0.15) is 0 Å². The molecule has 104 valence electrons. The van der Waals surface area contributed by atoms with Crippen molar-refractivity contribution in [1.82, 2.24) is 9.78 Å². The fraction of sp³-hybridized carbons (Fsp3) is 0.0625. The number of hydrogen-bond acceptors (Lipinski definition) is 3. The zero-order chi connectivity index (χ0) is 15.0. The van der Waals surface area contributed by atoms with Crippen molar-refractivity contribution in [3.8, 4) is 5.69 Å². The fourth-order valence-electron chi connectivity index (χ4n) is 2.27. The van der Waals surface area contributed by atoms with E-state index in [1.165, 1.54) is 4.68 Å². The Morgan fingerprint density at radius 3 is 2.81 bits per heavy atom. The molecule has 0 fully saturated rings. The van der Waals surface area contributed by atoms with Gasteiger partial charge in [0.2, 0.25) is 0 Å². The molecule has 0 atom stereocenters. The molecule has 1 heterocycles. The van der Waals surface area contributed by atoms with Gasteiger partial charge in [-0.25, -0.2) is 0 Å². The first-order valence-corrected chi connectivity index (χ1v) is 7.42. The maximum atomic E-state index is 12.6. The van der Waals surface area contributed by atoms with Crippen LogP contribution in [0.15, 0.2) is 47.4 Å². The van der Waals surface area contributed by atoms with Crippen LogP contribution < -0.4 is 5.56 Å². The van der Waals surface area contributed by atoms with Crippen LogP contribution in [0.25, 0.3) is 16.5 Å². The number of hydrogen-bond donors (Lipinski definition) is 0. The first kappa shape index (κ1) is 13.9. The van der Waals surface area contributed by atoms with E-state index in [1.54, 1.807) is 24.4 Å². The van der Waals surface area contributed by atoms with Crippen molar-refractivity contribution in [3.05, 3.63) is 67.6 Å². The maximum Gasteiger partial charge on any atom is 0.279 e. The minimum atomic E-state index is -0.224. The third kappa shape index (κ3) is 2.37. The number of nitrogens with zero attached hydrogens (tertiary/aromatic N) is 2. The van der Waals surface area contributed by atoms with E-state index < -0.39 is 0 Å². The number of aromatic nitrogens is 2. The van der Waals surface area contributed by atoms with Crippen LogP contribution >= 0.6 is 22.6 Å². The molecule has 3 aromatic rings. The van der Waals surface area contributed by atoms with Gasteiger partial charge in [-0.2, -0.15) is 9.78 Å². The van der Waals surface area contributed by atoms with Crippen LogP contribution in [0, 0.1) is 10.5 Å². The molecule has 2 aromatic carbocycles. The lowest BCUT2D eigenvalue weighted by Gasteiger charge is -2.09. The first-order valence-electron chi connectivity index (χ1n) is 6.34. The van der Waals surface area contributed by atoms with E-state index in [1.807, 2.05) is 25.1 Å². The van der Waals surface area contributed by atoms with E-state index in [2.05, 4.69) is 27.7 Å². The summed E-state index contributed by atoms with van der Waals surface area (Å²) in [6.07, 6.45) is 2.41. The molecule has 0 aliphatic heterocycles. The van der Waals surface area contributed by atoms with Crippen LogP contribution in [0.4, 0.5) is 0 Å². The van der Waals surface area contributed by atoms with Crippen molar-refractivity contribution in [2.45, 2.75) is 6.92 Å². The van der Waals surface area contributed by atoms with Crippen molar-refractivity contribution in [3.63, 3.8) is 0 Å². The Bertz CT molecular complexity index is 916. The van der Waals surface area contributed by atoms with E-state index in [0.717, 1.165) is 20.8 Å². The Balaban J connectivity index is 2.34. The van der Waals surface area contributed by atoms with Gasteiger partial charge in [0.25, 0.3) is 5.56 Å². The Hall–Kier alpha value is -2.02. The largest absolute Gasteiger partial charge is 0.298 e. The minimum Gasteiger partial charge on any atom is -0.298 e. The first-order chi connectivity index (χ1) is 10.1. The van der Waals surface area contributed by atoms with Gasteiger partial charge in [0.05, 0.1) is 22.8 Å². The third-order valence-electron chi connectivity index (χ3n) is 3.32. The summed E-state index contributed by atoms with van der Waals surface area (Å²) in [5, 5.41) is 5.60. The molecule has 0 radical (unpaired) electrons. The summed E-state index contributed by atoms with van der Waals surface area (Å²) in [4.78, 5) is 23.9. The summed E-state index contributed by atoms with van der Waals surface area (Å²) in [5.74, 6) is 0. The number of benzene rings is 2. The van der Waals surface area contributed by atoms with Gasteiger partial charge in [0.15, 0.2) is 6.29 Å². The number of carbonyl (C=O) groups is 1. The zero-order valence-corrected chi connectivity index (χ0v) is 13.4. The molecule has 21 heavy (non-hydrogen) atoms. The van der Waals surface area contributed by atoms with E-state index in [0.29, 0.717) is 16.6 Å².